The van der Waals surface area contributed by atoms with Crippen LogP contribution in [-0.4, -0.2) is 39.8 Å². The first-order valence-corrected chi connectivity index (χ1v) is 8.51. The Balaban J connectivity index is 2.13. The molecule has 2 N–H and O–H groups in total. The highest BCUT2D eigenvalue weighted by molar-refractivity contribution is 7.90. The van der Waals surface area contributed by atoms with Crippen molar-refractivity contribution in [2.24, 2.45) is 0 Å². The molecule has 0 saturated carbocycles. The first-order chi connectivity index (χ1) is 11.3. The largest absolute Gasteiger partial charge is 0.497 e. The van der Waals surface area contributed by atoms with E-state index in [-0.39, 0.29) is 5.91 Å². The van der Waals surface area contributed by atoms with E-state index in [0.29, 0.717) is 22.7 Å². The van der Waals surface area contributed by atoms with Gasteiger partial charge in [-0.3, -0.25) is 9.52 Å². The van der Waals surface area contributed by atoms with Crippen LogP contribution in [0, 0.1) is 0 Å². The van der Waals surface area contributed by atoms with Crippen LogP contribution in [0.1, 0.15) is 10.4 Å². The highest BCUT2D eigenvalue weighted by Gasteiger charge is 2.14. The van der Waals surface area contributed by atoms with E-state index in [2.05, 4.69) is 10.0 Å². The van der Waals surface area contributed by atoms with Gasteiger partial charge in [0.1, 0.15) is 5.75 Å². The molecule has 1 amide bonds. The zero-order chi connectivity index (χ0) is 17.7. The lowest BCUT2D eigenvalue weighted by atomic mass is 10.2. The monoisotopic (exact) mass is 349 g/mol. The lowest BCUT2D eigenvalue weighted by Crippen LogP contribution is -2.29. The van der Waals surface area contributed by atoms with E-state index in [1.165, 1.54) is 20.2 Å². The van der Waals surface area contributed by atoms with Crippen LogP contribution in [0.25, 0.3) is 0 Å². The molecular formula is C16H19N3O4S. The standard InChI is InChI=1S/C16H19N3O4S/c1-19(2)24(21,22)18-14-6-4-5-12(11-14)16(20)17-13-7-9-15(23-3)10-8-13/h4-11,18H,1-3H3,(H,17,20). The van der Waals surface area contributed by atoms with Crippen molar-refractivity contribution in [3.63, 3.8) is 0 Å². The molecule has 0 aliphatic heterocycles. The number of carbonyl (C=O) groups is 1. The molecule has 0 aliphatic rings. The number of hydrogen-bond acceptors (Lipinski definition) is 4. The van der Waals surface area contributed by atoms with Gasteiger partial charge in [-0.05, 0) is 42.5 Å². The Kier molecular flexibility index (Phi) is 5.42. The van der Waals surface area contributed by atoms with Crippen LogP contribution >= 0.6 is 0 Å². The zero-order valence-electron chi connectivity index (χ0n) is 13.6. The summed E-state index contributed by atoms with van der Waals surface area (Å²) in [6, 6.07) is 13.2. The quantitative estimate of drug-likeness (QED) is 0.837. The number of nitrogens with one attached hydrogen (secondary N) is 2. The topological polar surface area (TPSA) is 87.7 Å². The minimum Gasteiger partial charge on any atom is -0.497 e. The number of nitrogens with zero attached hydrogens (tertiary/aromatic N) is 1. The first-order valence-electron chi connectivity index (χ1n) is 7.07. The van der Waals surface area contributed by atoms with Gasteiger partial charge < -0.3 is 10.1 Å². The summed E-state index contributed by atoms with van der Waals surface area (Å²) < 4.78 is 32.2. The maximum Gasteiger partial charge on any atom is 0.301 e. The Morgan fingerprint density at radius 3 is 2.29 bits per heavy atom. The van der Waals surface area contributed by atoms with Crippen LogP contribution in [0.4, 0.5) is 11.4 Å². The van der Waals surface area contributed by atoms with Crippen molar-refractivity contribution < 1.29 is 17.9 Å². The molecule has 2 rings (SSSR count). The van der Waals surface area contributed by atoms with E-state index in [9.17, 15) is 13.2 Å². The van der Waals surface area contributed by atoms with Gasteiger partial charge in [0.2, 0.25) is 0 Å². The van der Waals surface area contributed by atoms with Gasteiger partial charge in [0, 0.05) is 25.3 Å². The fourth-order valence-corrected chi connectivity index (χ4v) is 2.45. The molecule has 0 spiro atoms. The van der Waals surface area contributed by atoms with Crippen LogP contribution in [0.2, 0.25) is 0 Å². The summed E-state index contributed by atoms with van der Waals surface area (Å²) in [6.45, 7) is 0. The smallest absolute Gasteiger partial charge is 0.301 e. The Hall–Kier alpha value is -2.58. The fraction of sp³-hybridized carbons (Fsp3) is 0.188. The zero-order valence-corrected chi connectivity index (χ0v) is 14.4. The minimum absolute atomic E-state index is 0.311. The Labute approximate surface area is 141 Å². The summed E-state index contributed by atoms with van der Waals surface area (Å²) in [6.07, 6.45) is 0. The fourth-order valence-electron chi connectivity index (χ4n) is 1.84. The Morgan fingerprint density at radius 2 is 1.71 bits per heavy atom. The second-order valence-electron chi connectivity index (χ2n) is 5.15. The van der Waals surface area contributed by atoms with Crippen molar-refractivity contribution in [1.82, 2.24) is 4.31 Å². The van der Waals surface area contributed by atoms with Gasteiger partial charge in [0.05, 0.1) is 12.8 Å². The summed E-state index contributed by atoms with van der Waals surface area (Å²) in [7, 11) is 0.779. The van der Waals surface area contributed by atoms with Gasteiger partial charge >= 0.3 is 10.2 Å². The molecule has 8 heteroatoms. The van der Waals surface area contributed by atoms with Gasteiger partial charge in [0.15, 0.2) is 0 Å². The molecule has 7 nitrogen and oxygen atoms in total. The number of amides is 1. The molecule has 0 unspecified atom stereocenters. The summed E-state index contributed by atoms with van der Waals surface area (Å²) >= 11 is 0. The summed E-state index contributed by atoms with van der Waals surface area (Å²) in [5.41, 5.74) is 1.26. The second-order valence-corrected chi connectivity index (χ2v) is 7.04. The van der Waals surface area contributed by atoms with E-state index in [1.54, 1.807) is 49.6 Å². The Bertz CT molecular complexity index is 817. The van der Waals surface area contributed by atoms with Crippen molar-refractivity contribution in [3.05, 3.63) is 54.1 Å². The predicted octanol–water partition coefficient (Wildman–Crippen LogP) is 2.17. The minimum atomic E-state index is -3.62. The van der Waals surface area contributed by atoms with Crippen molar-refractivity contribution in [3.8, 4) is 5.75 Å². The third-order valence-electron chi connectivity index (χ3n) is 3.20. The average Bonchev–Trinajstić information content (AvgIpc) is 2.55. The van der Waals surface area contributed by atoms with Crippen LogP contribution < -0.4 is 14.8 Å². The van der Waals surface area contributed by atoms with E-state index >= 15 is 0 Å². The number of methoxy groups -OCH3 is 1. The van der Waals surface area contributed by atoms with Gasteiger partial charge in [-0.2, -0.15) is 12.7 Å². The van der Waals surface area contributed by atoms with Crippen LogP contribution in [0.5, 0.6) is 5.75 Å². The van der Waals surface area contributed by atoms with Crippen molar-refractivity contribution in [2.45, 2.75) is 0 Å². The number of benzene rings is 2. The molecule has 0 atom stereocenters. The molecule has 2 aromatic rings. The molecule has 0 bridgehead atoms. The van der Waals surface area contributed by atoms with Crippen LogP contribution in [0.15, 0.2) is 48.5 Å². The highest BCUT2D eigenvalue weighted by atomic mass is 32.2. The third kappa shape index (κ3) is 4.46. The molecule has 2 aromatic carbocycles. The molecule has 0 aliphatic carbocycles. The number of hydrogen-bond donors (Lipinski definition) is 2. The van der Waals surface area contributed by atoms with Gasteiger partial charge in [-0.15, -0.1) is 0 Å². The highest BCUT2D eigenvalue weighted by Crippen LogP contribution is 2.17. The molecule has 128 valence electrons. The SMILES string of the molecule is COc1ccc(NC(=O)c2cccc(NS(=O)(=O)N(C)C)c2)cc1. The normalized spacial score (nSPS) is 11.2. The molecule has 0 aromatic heterocycles. The van der Waals surface area contributed by atoms with Gasteiger partial charge in [0.25, 0.3) is 5.91 Å². The lowest BCUT2D eigenvalue weighted by Gasteiger charge is -2.14. The van der Waals surface area contributed by atoms with E-state index < -0.39 is 10.2 Å². The number of rotatable bonds is 6. The summed E-state index contributed by atoms with van der Waals surface area (Å²) in [5, 5.41) is 2.74. The third-order valence-corrected chi connectivity index (χ3v) is 4.66. The number of ether oxygens (including phenoxy) is 1. The van der Waals surface area contributed by atoms with Gasteiger partial charge in [-0.1, -0.05) is 6.07 Å². The van der Waals surface area contributed by atoms with Crippen LogP contribution in [0.3, 0.4) is 0 Å². The predicted molar refractivity (Wildman–Crippen MR) is 93.6 cm³/mol. The average molecular weight is 349 g/mol. The van der Waals surface area contributed by atoms with Crippen molar-refractivity contribution in [1.29, 1.82) is 0 Å². The van der Waals surface area contributed by atoms with E-state index in [0.717, 1.165) is 4.31 Å². The lowest BCUT2D eigenvalue weighted by molar-refractivity contribution is 0.102. The summed E-state index contributed by atoms with van der Waals surface area (Å²) in [5.74, 6) is 0.346. The second kappa shape index (κ2) is 7.33. The number of carbonyl (C=O) groups excluding carboxylic acids is 1. The van der Waals surface area contributed by atoms with Crippen molar-refractivity contribution in [2.75, 3.05) is 31.2 Å². The van der Waals surface area contributed by atoms with Crippen molar-refractivity contribution >= 4 is 27.5 Å². The van der Waals surface area contributed by atoms with Crippen LogP contribution in [-0.2, 0) is 10.2 Å². The molecular weight excluding hydrogens is 330 g/mol. The molecule has 0 radical (unpaired) electrons. The maximum atomic E-state index is 12.3. The summed E-state index contributed by atoms with van der Waals surface area (Å²) in [4.78, 5) is 12.3. The molecule has 0 saturated heterocycles. The van der Waals surface area contributed by atoms with Gasteiger partial charge in [-0.25, -0.2) is 0 Å². The first kappa shape index (κ1) is 17.8. The van der Waals surface area contributed by atoms with E-state index in [1.807, 2.05) is 0 Å². The Morgan fingerprint density at radius 1 is 1.04 bits per heavy atom. The number of anilines is 2. The molecule has 24 heavy (non-hydrogen) atoms. The maximum absolute atomic E-state index is 12.3. The molecule has 0 heterocycles. The molecule has 0 fully saturated rings. The van der Waals surface area contributed by atoms with E-state index in [4.69, 9.17) is 4.74 Å².